The second-order valence-corrected chi connectivity index (χ2v) is 9.82. The lowest BCUT2D eigenvalue weighted by Crippen LogP contribution is -2.44. The number of aromatic nitrogens is 3. The molecule has 2 unspecified atom stereocenters. The Bertz CT molecular complexity index is 1430. The van der Waals surface area contributed by atoms with Gasteiger partial charge in [-0.15, -0.1) is 5.10 Å². The van der Waals surface area contributed by atoms with E-state index in [4.69, 9.17) is 4.74 Å². The van der Waals surface area contributed by atoms with Crippen molar-refractivity contribution in [3.05, 3.63) is 102 Å². The molecule has 0 radical (unpaired) electrons. The summed E-state index contributed by atoms with van der Waals surface area (Å²) in [6, 6.07) is 18.6. The van der Waals surface area contributed by atoms with Crippen molar-refractivity contribution >= 4 is 17.5 Å². The van der Waals surface area contributed by atoms with Crippen LogP contribution in [0.2, 0.25) is 0 Å². The molecule has 1 aliphatic rings. The van der Waals surface area contributed by atoms with E-state index >= 15 is 0 Å². The molecule has 1 aliphatic heterocycles. The maximum absolute atomic E-state index is 14.0. The van der Waals surface area contributed by atoms with E-state index in [0.717, 1.165) is 12.8 Å². The molecule has 2 amide bonds. The first-order valence-corrected chi connectivity index (χ1v) is 13.2. The van der Waals surface area contributed by atoms with Crippen LogP contribution in [-0.2, 0) is 22.6 Å². The molecule has 2 heterocycles. The van der Waals surface area contributed by atoms with Crippen molar-refractivity contribution in [2.45, 2.75) is 38.3 Å². The van der Waals surface area contributed by atoms with Gasteiger partial charge in [-0.2, -0.15) is 0 Å². The van der Waals surface area contributed by atoms with Crippen molar-refractivity contribution in [3.63, 3.8) is 0 Å². The number of carbonyl (C=O) groups excluding carboxylic acids is 2. The van der Waals surface area contributed by atoms with Crippen LogP contribution in [0.3, 0.4) is 0 Å². The summed E-state index contributed by atoms with van der Waals surface area (Å²) in [5.74, 6) is 0.0647. The fraction of sp³-hybridized carbons (Fsp3) is 0.267. The summed E-state index contributed by atoms with van der Waals surface area (Å²) in [4.78, 5) is 28.1. The zero-order valence-corrected chi connectivity index (χ0v) is 21.7. The van der Waals surface area contributed by atoms with E-state index in [1.54, 1.807) is 47.5 Å². The lowest BCUT2D eigenvalue weighted by Gasteiger charge is -2.24. The lowest BCUT2D eigenvalue weighted by molar-refractivity contribution is -0.137. The Morgan fingerprint density at radius 1 is 0.975 bits per heavy atom. The highest BCUT2D eigenvalue weighted by Crippen LogP contribution is 2.30. The van der Waals surface area contributed by atoms with Crippen molar-refractivity contribution in [1.82, 2.24) is 19.9 Å². The second-order valence-electron chi connectivity index (χ2n) is 9.82. The number of halogens is 2. The Labute approximate surface area is 230 Å². The molecular formula is C30H29F2N5O3. The summed E-state index contributed by atoms with van der Waals surface area (Å²) in [6.07, 6.45) is 5.72. The standard InChI is InChI=1S/C30H29F2N5O3/c31-23-8-12-25(13-9-23)40-26-14-10-24(11-15-26)34-30(39)28-18-21(4-3-6-22-5-1-2-7-27(22)32)19-37(28)29(38)20-36-17-16-33-35-36/h1-2,5,7-17,21,28H,3-4,6,18-20H2,(H,34,39). The normalized spacial score (nSPS) is 16.6. The third-order valence-corrected chi connectivity index (χ3v) is 6.97. The third-order valence-electron chi connectivity index (χ3n) is 6.97. The number of hydrogen-bond acceptors (Lipinski definition) is 5. The number of hydrogen-bond donors (Lipinski definition) is 1. The van der Waals surface area contributed by atoms with Crippen LogP contribution in [-0.4, -0.2) is 44.3 Å². The Balaban J connectivity index is 1.22. The number of anilines is 1. The number of carbonyl (C=O) groups is 2. The molecule has 8 nitrogen and oxygen atoms in total. The van der Waals surface area contributed by atoms with E-state index in [9.17, 15) is 18.4 Å². The van der Waals surface area contributed by atoms with Gasteiger partial charge in [0.05, 0.1) is 6.20 Å². The quantitative estimate of drug-likeness (QED) is 0.295. The average Bonchev–Trinajstić information content (AvgIpc) is 3.62. The van der Waals surface area contributed by atoms with E-state index in [-0.39, 0.29) is 35.9 Å². The molecule has 4 aromatic rings. The van der Waals surface area contributed by atoms with Crippen LogP contribution in [0.25, 0.3) is 0 Å². The van der Waals surface area contributed by atoms with Crippen molar-refractivity contribution in [3.8, 4) is 11.5 Å². The smallest absolute Gasteiger partial charge is 0.247 e. The van der Waals surface area contributed by atoms with Crippen LogP contribution < -0.4 is 10.1 Å². The topological polar surface area (TPSA) is 89.4 Å². The van der Waals surface area contributed by atoms with Gasteiger partial charge in [0, 0.05) is 18.4 Å². The van der Waals surface area contributed by atoms with Crippen LogP contribution in [0.15, 0.2) is 85.2 Å². The van der Waals surface area contributed by atoms with E-state index in [1.165, 1.54) is 41.2 Å². The van der Waals surface area contributed by atoms with Crippen LogP contribution >= 0.6 is 0 Å². The van der Waals surface area contributed by atoms with Gasteiger partial charge in [0.25, 0.3) is 0 Å². The van der Waals surface area contributed by atoms with Gasteiger partial charge in [-0.3, -0.25) is 9.59 Å². The zero-order chi connectivity index (χ0) is 27.9. The number of benzene rings is 3. The molecule has 10 heteroatoms. The minimum Gasteiger partial charge on any atom is -0.457 e. The molecule has 1 aromatic heterocycles. The highest BCUT2D eigenvalue weighted by Gasteiger charge is 2.39. The largest absolute Gasteiger partial charge is 0.457 e. The Hall–Kier alpha value is -4.60. The van der Waals surface area contributed by atoms with Gasteiger partial charge in [0.2, 0.25) is 11.8 Å². The molecule has 0 bridgehead atoms. The molecule has 1 saturated heterocycles. The van der Waals surface area contributed by atoms with E-state index in [0.29, 0.717) is 42.1 Å². The molecule has 0 spiro atoms. The maximum Gasteiger partial charge on any atom is 0.247 e. The summed E-state index contributed by atoms with van der Waals surface area (Å²) in [5, 5.41) is 10.5. The SMILES string of the molecule is O=C(Nc1ccc(Oc2ccc(F)cc2)cc1)C1CC(CCCc2ccccc2F)CN1C(=O)Cn1ccnn1. The molecule has 1 N–H and O–H groups in total. The molecular weight excluding hydrogens is 516 g/mol. The summed E-state index contributed by atoms with van der Waals surface area (Å²) < 4.78 is 34.3. The third kappa shape index (κ3) is 6.88. The van der Waals surface area contributed by atoms with Crippen molar-refractivity contribution < 1.29 is 23.1 Å². The van der Waals surface area contributed by atoms with Gasteiger partial charge in [0.1, 0.15) is 35.7 Å². The van der Waals surface area contributed by atoms with Gasteiger partial charge in [-0.1, -0.05) is 23.4 Å². The number of amides is 2. The van der Waals surface area contributed by atoms with Gasteiger partial charge < -0.3 is 15.0 Å². The fourth-order valence-electron chi connectivity index (χ4n) is 4.96. The first kappa shape index (κ1) is 27.0. The number of rotatable bonds is 10. The van der Waals surface area contributed by atoms with Crippen molar-refractivity contribution in [1.29, 1.82) is 0 Å². The van der Waals surface area contributed by atoms with Crippen LogP contribution in [0.1, 0.15) is 24.8 Å². The molecule has 3 aromatic carbocycles. The average molecular weight is 546 g/mol. The fourth-order valence-corrected chi connectivity index (χ4v) is 4.96. The van der Waals surface area contributed by atoms with E-state index < -0.39 is 6.04 Å². The summed E-state index contributed by atoms with van der Waals surface area (Å²) >= 11 is 0. The van der Waals surface area contributed by atoms with Gasteiger partial charge in [-0.25, -0.2) is 13.5 Å². The molecule has 40 heavy (non-hydrogen) atoms. The molecule has 5 rings (SSSR count). The Kier molecular flexibility index (Phi) is 8.44. The zero-order valence-electron chi connectivity index (χ0n) is 21.7. The Morgan fingerprint density at radius 2 is 1.70 bits per heavy atom. The number of nitrogens with one attached hydrogen (secondary N) is 1. The number of aryl methyl sites for hydroxylation is 1. The number of nitrogens with zero attached hydrogens (tertiary/aromatic N) is 4. The second kappa shape index (κ2) is 12.5. The lowest BCUT2D eigenvalue weighted by atomic mass is 9.96. The van der Waals surface area contributed by atoms with Crippen molar-refractivity contribution in [2.75, 3.05) is 11.9 Å². The predicted octanol–water partition coefficient (Wildman–Crippen LogP) is 5.23. The van der Waals surface area contributed by atoms with E-state index in [2.05, 4.69) is 15.6 Å². The van der Waals surface area contributed by atoms with Crippen molar-refractivity contribution in [2.24, 2.45) is 5.92 Å². The minimum absolute atomic E-state index is 0.0128. The Morgan fingerprint density at radius 3 is 2.40 bits per heavy atom. The summed E-state index contributed by atoms with van der Waals surface area (Å²) in [7, 11) is 0. The van der Waals surface area contributed by atoms with Gasteiger partial charge >= 0.3 is 0 Å². The number of likely N-dealkylation sites (tertiary alicyclic amines) is 1. The predicted molar refractivity (Wildman–Crippen MR) is 145 cm³/mol. The first-order chi connectivity index (χ1) is 19.4. The highest BCUT2D eigenvalue weighted by atomic mass is 19.1. The molecule has 0 aliphatic carbocycles. The summed E-state index contributed by atoms with van der Waals surface area (Å²) in [5.41, 5.74) is 1.23. The monoisotopic (exact) mass is 545 g/mol. The minimum atomic E-state index is -0.648. The molecule has 2 atom stereocenters. The van der Waals surface area contributed by atoms with Crippen LogP contribution in [0.4, 0.5) is 14.5 Å². The first-order valence-electron chi connectivity index (χ1n) is 13.2. The van der Waals surface area contributed by atoms with Crippen LogP contribution in [0.5, 0.6) is 11.5 Å². The van der Waals surface area contributed by atoms with Gasteiger partial charge in [-0.05, 0) is 91.8 Å². The highest BCUT2D eigenvalue weighted by molar-refractivity contribution is 5.97. The summed E-state index contributed by atoms with van der Waals surface area (Å²) in [6.45, 7) is 0.425. The molecule has 206 valence electrons. The van der Waals surface area contributed by atoms with Gasteiger partial charge in [0.15, 0.2) is 0 Å². The molecule has 0 saturated carbocycles. The van der Waals surface area contributed by atoms with Crippen LogP contribution in [0, 0.1) is 17.6 Å². The maximum atomic E-state index is 14.0. The molecule has 1 fully saturated rings. The number of ether oxygens (including phenoxy) is 1. The van der Waals surface area contributed by atoms with E-state index in [1.807, 2.05) is 6.07 Å².